The molecule has 3 heterocycles. The van der Waals surface area contributed by atoms with Gasteiger partial charge in [0.25, 0.3) is 0 Å². The Hall–Kier alpha value is -2.09. The number of aryl methyl sites for hydroxylation is 1. The summed E-state index contributed by atoms with van der Waals surface area (Å²) in [7, 11) is 0. The fourth-order valence-corrected chi connectivity index (χ4v) is 4.90. The molecule has 2 amide bonds. The third kappa shape index (κ3) is 3.99. The van der Waals surface area contributed by atoms with Crippen LogP contribution in [-0.2, 0) is 20.5 Å². The van der Waals surface area contributed by atoms with Gasteiger partial charge in [-0.05, 0) is 62.3 Å². The van der Waals surface area contributed by atoms with Crippen LogP contribution in [0.25, 0.3) is 0 Å². The van der Waals surface area contributed by atoms with E-state index in [1.54, 1.807) is 6.92 Å². The van der Waals surface area contributed by atoms with Gasteiger partial charge < -0.3 is 15.0 Å². The Kier molecular flexibility index (Phi) is 5.31. The number of amides is 2. The molecule has 1 saturated carbocycles. The van der Waals surface area contributed by atoms with Crippen molar-refractivity contribution >= 4 is 17.5 Å². The minimum absolute atomic E-state index is 0.0698. The summed E-state index contributed by atoms with van der Waals surface area (Å²) in [5, 5.41) is 2.80. The summed E-state index contributed by atoms with van der Waals surface area (Å²) in [5.41, 5.74) is 0.0111. The topological polar surface area (TPSA) is 58.6 Å². The first-order valence-electron chi connectivity index (χ1n) is 10.1. The highest BCUT2D eigenvalue weighted by Gasteiger charge is 2.47. The summed E-state index contributed by atoms with van der Waals surface area (Å²) in [4.78, 5) is 27.8. The molecule has 8 heteroatoms. The van der Waals surface area contributed by atoms with Gasteiger partial charge in [-0.15, -0.1) is 0 Å². The lowest BCUT2D eigenvalue weighted by molar-refractivity contribution is -0.148. The quantitative estimate of drug-likeness (QED) is 0.828. The second-order valence-corrected chi connectivity index (χ2v) is 8.42. The van der Waals surface area contributed by atoms with Crippen LogP contribution in [0.2, 0.25) is 0 Å². The van der Waals surface area contributed by atoms with Gasteiger partial charge in [-0.2, -0.15) is 13.2 Å². The second kappa shape index (κ2) is 7.63. The number of carbonyl (C=O) groups excluding carboxylic acids is 2. The molecular formula is C21H25F3N2O3. The van der Waals surface area contributed by atoms with Crippen molar-refractivity contribution in [2.75, 3.05) is 25.1 Å². The molecule has 0 spiro atoms. The largest absolute Gasteiger partial charge is 0.416 e. The predicted molar refractivity (Wildman–Crippen MR) is 100 cm³/mol. The molecule has 4 atom stereocenters. The van der Waals surface area contributed by atoms with E-state index in [-0.39, 0.29) is 35.6 Å². The van der Waals surface area contributed by atoms with Gasteiger partial charge in [-0.25, -0.2) is 0 Å². The van der Waals surface area contributed by atoms with E-state index in [9.17, 15) is 22.8 Å². The van der Waals surface area contributed by atoms with Crippen LogP contribution in [0, 0.1) is 24.7 Å². The first kappa shape index (κ1) is 20.2. The van der Waals surface area contributed by atoms with Crippen LogP contribution in [0.15, 0.2) is 18.2 Å². The number of halogens is 3. The van der Waals surface area contributed by atoms with Crippen LogP contribution in [0.4, 0.5) is 18.9 Å². The average molecular weight is 410 g/mol. The Bertz CT molecular complexity index is 805. The summed E-state index contributed by atoms with van der Waals surface area (Å²) >= 11 is 0. The molecule has 0 radical (unpaired) electrons. The second-order valence-electron chi connectivity index (χ2n) is 8.42. The molecule has 3 saturated heterocycles. The van der Waals surface area contributed by atoms with Crippen LogP contribution in [0.3, 0.4) is 0 Å². The maximum Gasteiger partial charge on any atom is 0.416 e. The molecule has 1 aromatic rings. The van der Waals surface area contributed by atoms with Crippen molar-refractivity contribution in [1.82, 2.24) is 4.90 Å². The number of benzene rings is 1. The van der Waals surface area contributed by atoms with Crippen molar-refractivity contribution in [3.63, 3.8) is 0 Å². The standard InChI is InChI=1S/C21H25F3N2O3/c1-12-8-15(21(22,23)24)3-4-17(12)25-19(27)16-9-13-2-5-18(16)26(10-13)20(28)14-6-7-29-11-14/h3-4,8,13-14,16,18H,2,5-7,9-11H2,1H3,(H,25,27)/t13-,14+,16-,18+/m1/s1. The molecular weight excluding hydrogens is 385 g/mol. The first-order valence-corrected chi connectivity index (χ1v) is 10.1. The number of ether oxygens (including phenoxy) is 1. The monoisotopic (exact) mass is 410 g/mol. The minimum Gasteiger partial charge on any atom is -0.381 e. The van der Waals surface area contributed by atoms with Crippen molar-refractivity contribution in [1.29, 1.82) is 0 Å². The fraction of sp³-hybridized carbons (Fsp3) is 0.619. The van der Waals surface area contributed by atoms with E-state index >= 15 is 0 Å². The zero-order valence-corrected chi connectivity index (χ0v) is 16.3. The first-order chi connectivity index (χ1) is 13.7. The van der Waals surface area contributed by atoms with Crippen molar-refractivity contribution in [3.8, 4) is 0 Å². The van der Waals surface area contributed by atoms with Crippen LogP contribution in [0.5, 0.6) is 0 Å². The molecule has 4 aliphatic rings. The number of nitrogens with one attached hydrogen (secondary N) is 1. The van der Waals surface area contributed by atoms with Gasteiger partial charge in [0.1, 0.15) is 0 Å². The van der Waals surface area contributed by atoms with E-state index in [2.05, 4.69) is 5.32 Å². The van der Waals surface area contributed by atoms with E-state index in [0.29, 0.717) is 43.9 Å². The Morgan fingerprint density at radius 3 is 2.62 bits per heavy atom. The Balaban J connectivity index is 1.48. The lowest BCUT2D eigenvalue weighted by Crippen LogP contribution is -2.59. The van der Waals surface area contributed by atoms with Crippen LogP contribution in [-0.4, -0.2) is 42.5 Å². The van der Waals surface area contributed by atoms with Gasteiger partial charge in [0.2, 0.25) is 11.8 Å². The molecule has 4 fully saturated rings. The van der Waals surface area contributed by atoms with Gasteiger partial charge in [0, 0.05) is 24.9 Å². The van der Waals surface area contributed by atoms with Crippen LogP contribution < -0.4 is 5.32 Å². The van der Waals surface area contributed by atoms with E-state index in [0.717, 1.165) is 25.0 Å². The summed E-state index contributed by atoms with van der Waals surface area (Å²) in [5.74, 6) is -0.329. The Labute approximate surface area is 167 Å². The van der Waals surface area contributed by atoms with Crippen LogP contribution >= 0.6 is 0 Å². The summed E-state index contributed by atoms with van der Waals surface area (Å²) in [6, 6.07) is 3.17. The molecule has 158 valence electrons. The molecule has 3 aliphatic heterocycles. The van der Waals surface area contributed by atoms with E-state index < -0.39 is 11.7 Å². The molecule has 0 unspecified atom stereocenters. The van der Waals surface area contributed by atoms with Crippen molar-refractivity contribution in [3.05, 3.63) is 29.3 Å². The lowest BCUT2D eigenvalue weighted by atomic mass is 9.72. The molecule has 1 aromatic carbocycles. The predicted octanol–water partition coefficient (Wildman–Crippen LogP) is 3.62. The maximum absolute atomic E-state index is 13.0. The SMILES string of the molecule is Cc1cc(C(F)(F)F)ccc1NC(=O)[C@@H]1C[C@H]2CC[C@@H]1N(C(=O)[C@H]1CCOC1)C2. The molecule has 5 nitrogen and oxygen atoms in total. The number of carbonyl (C=O) groups is 2. The van der Waals surface area contributed by atoms with E-state index in [1.807, 2.05) is 4.90 Å². The summed E-state index contributed by atoms with van der Waals surface area (Å²) in [6.45, 7) is 3.26. The van der Waals surface area contributed by atoms with Gasteiger partial charge in [-0.3, -0.25) is 9.59 Å². The normalized spacial score (nSPS) is 29.2. The van der Waals surface area contributed by atoms with Crippen LogP contribution in [0.1, 0.15) is 36.8 Å². The van der Waals surface area contributed by atoms with E-state index in [1.165, 1.54) is 6.07 Å². The highest BCUT2D eigenvalue weighted by Crippen LogP contribution is 2.41. The molecule has 29 heavy (non-hydrogen) atoms. The third-order valence-corrected chi connectivity index (χ3v) is 6.49. The smallest absolute Gasteiger partial charge is 0.381 e. The summed E-state index contributed by atoms with van der Waals surface area (Å²) in [6.07, 6.45) is -1.21. The van der Waals surface area contributed by atoms with Gasteiger partial charge in [0.15, 0.2) is 0 Å². The van der Waals surface area contributed by atoms with Gasteiger partial charge in [0.05, 0.1) is 24.0 Å². The van der Waals surface area contributed by atoms with E-state index in [4.69, 9.17) is 4.74 Å². The lowest BCUT2D eigenvalue weighted by Gasteiger charge is -2.49. The number of hydrogen-bond donors (Lipinski definition) is 1. The highest BCUT2D eigenvalue weighted by atomic mass is 19.4. The zero-order valence-electron chi connectivity index (χ0n) is 16.3. The average Bonchev–Trinajstić information content (AvgIpc) is 3.23. The molecule has 1 N–H and O–H groups in total. The maximum atomic E-state index is 13.0. The van der Waals surface area contributed by atoms with Crippen molar-refractivity contribution < 1.29 is 27.5 Å². The number of rotatable bonds is 3. The number of hydrogen-bond acceptors (Lipinski definition) is 3. The minimum atomic E-state index is -4.42. The Morgan fingerprint density at radius 1 is 1.21 bits per heavy atom. The molecule has 5 rings (SSSR count). The third-order valence-electron chi connectivity index (χ3n) is 6.49. The highest BCUT2D eigenvalue weighted by molar-refractivity contribution is 5.94. The number of alkyl halides is 3. The number of fused-ring (bicyclic) bond motifs is 3. The number of piperidine rings is 2. The van der Waals surface area contributed by atoms with Crippen molar-refractivity contribution in [2.45, 2.75) is 44.8 Å². The number of anilines is 1. The van der Waals surface area contributed by atoms with Crippen molar-refractivity contribution in [2.24, 2.45) is 17.8 Å². The Morgan fingerprint density at radius 2 is 2.00 bits per heavy atom. The molecule has 0 aromatic heterocycles. The zero-order chi connectivity index (χ0) is 20.8. The summed E-state index contributed by atoms with van der Waals surface area (Å²) < 4.78 is 43.9. The molecule has 2 bridgehead atoms. The van der Waals surface area contributed by atoms with Gasteiger partial charge in [-0.1, -0.05) is 0 Å². The van der Waals surface area contributed by atoms with Gasteiger partial charge >= 0.3 is 6.18 Å². The fourth-order valence-electron chi connectivity index (χ4n) is 4.90. The number of nitrogens with zero attached hydrogens (tertiary/aromatic N) is 1. The molecule has 1 aliphatic carbocycles.